The number of carboxylic acids is 1. The van der Waals surface area contributed by atoms with Gasteiger partial charge >= 0.3 is 18.1 Å². The van der Waals surface area contributed by atoms with E-state index in [1.165, 1.54) is 26.6 Å². The zero-order chi connectivity index (χ0) is 91.9. The molecule has 44 heteroatoms. The summed E-state index contributed by atoms with van der Waals surface area (Å²) in [5, 5.41) is 157. The number of aromatic amines is 1. The minimum Gasteiger partial charge on any atom is -0.477 e. The summed E-state index contributed by atoms with van der Waals surface area (Å²) < 4.78 is 35.1. The molecule has 13 rings (SSSR count). The Hall–Kier alpha value is -10.8. The molecule has 19 unspecified atom stereocenters. The van der Waals surface area contributed by atoms with Crippen LogP contribution in [0.1, 0.15) is 86.0 Å². The van der Waals surface area contributed by atoms with Gasteiger partial charge in [-0.15, -0.1) is 16.7 Å². The Bertz CT molecular complexity index is 5440. The van der Waals surface area contributed by atoms with Gasteiger partial charge in [0.1, 0.15) is 110 Å². The van der Waals surface area contributed by atoms with E-state index in [0.717, 1.165) is 12.5 Å². The van der Waals surface area contributed by atoms with Crippen LogP contribution in [0.5, 0.6) is 5.75 Å². The molecule has 0 saturated carbocycles. The van der Waals surface area contributed by atoms with Crippen molar-refractivity contribution < 1.29 is 170 Å². The van der Waals surface area contributed by atoms with Gasteiger partial charge in [-0.1, -0.05) is 97.9 Å². The molecule has 2 aromatic heterocycles. The van der Waals surface area contributed by atoms with E-state index in [9.17, 15) is 109 Å². The van der Waals surface area contributed by atoms with Crippen LogP contribution in [0, 0.1) is 5.92 Å². The third kappa shape index (κ3) is 21.9. The van der Waals surface area contributed by atoms with Crippen molar-refractivity contribution in [2.75, 3.05) is 59.2 Å². The third-order valence-electron chi connectivity index (χ3n) is 22.8. The van der Waals surface area contributed by atoms with Crippen LogP contribution < -0.4 is 57.5 Å². The molecule has 0 bridgehead atoms. The van der Waals surface area contributed by atoms with Crippen molar-refractivity contribution in [3.63, 3.8) is 0 Å². The number of hydrogen-bond donors (Lipinski definition) is 21. The Labute approximate surface area is 764 Å². The van der Waals surface area contributed by atoms with Crippen LogP contribution in [0.2, 0.25) is 0 Å². The average molecular weight is 1890 g/mol. The molecule has 10 amide bonds. The number of aromatic nitrogens is 4. The number of urea groups is 1. The number of alkyl carbamates (subject to hydrolysis) is 1. The van der Waals surface area contributed by atoms with Crippen molar-refractivity contribution in [1.29, 1.82) is 0 Å². The number of rotatable bonds is 32. The number of aliphatic hydroxyl groups is 11. The first-order chi connectivity index (χ1) is 61.1. The van der Waals surface area contributed by atoms with Gasteiger partial charge in [-0.05, 0) is 83.3 Å². The van der Waals surface area contributed by atoms with Gasteiger partial charge in [-0.2, -0.15) is 0 Å². The minimum atomic E-state index is -2.90. The predicted octanol–water partition coefficient (Wildman–Crippen LogP) is -0.416. The van der Waals surface area contributed by atoms with Gasteiger partial charge in [0.25, 0.3) is 11.7 Å². The molecule has 5 aliphatic rings. The van der Waals surface area contributed by atoms with Gasteiger partial charge < -0.3 is 147 Å². The molecule has 687 valence electrons. The van der Waals surface area contributed by atoms with Crippen LogP contribution in [0.3, 0.4) is 0 Å². The summed E-state index contributed by atoms with van der Waals surface area (Å²) in [5.74, 6) is -9.90. The van der Waals surface area contributed by atoms with Gasteiger partial charge in [0.15, 0.2) is 6.29 Å². The summed E-state index contributed by atoms with van der Waals surface area (Å²) in [5.41, 5.74) is 10.3. The topological polar surface area (TPSA) is 632 Å². The van der Waals surface area contributed by atoms with Crippen molar-refractivity contribution >= 4 is 115 Å². The number of carboxylic acid groups (broad SMARTS) is 1. The Morgan fingerprint density at radius 1 is 0.729 bits per heavy atom. The number of amides is 10. The largest absolute Gasteiger partial charge is 0.477 e. The molecule has 22 N–H and O–H groups in total. The number of aliphatic carboxylic acids is 1. The first-order valence-electron chi connectivity index (χ1n) is 41.1. The third-order valence-corrected chi connectivity index (χ3v) is 23.2. The number of fused-ring (bicyclic) bond motifs is 9. The fraction of sp³-hybridized carbons (Fsp3) is 0.435. The molecule has 8 aromatic rings. The van der Waals surface area contributed by atoms with Gasteiger partial charge in [0.2, 0.25) is 41.7 Å². The van der Waals surface area contributed by atoms with Crippen LogP contribution in [0.15, 0.2) is 127 Å². The molecule has 3 fully saturated rings. The molecule has 19 atom stereocenters. The number of nitrogens with two attached hydrogens (primary N) is 1. The molecule has 1 radical (unpaired) electrons. The van der Waals surface area contributed by atoms with Crippen molar-refractivity contribution in [2.24, 2.45) is 11.7 Å². The van der Waals surface area contributed by atoms with E-state index < -0.39 is 221 Å². The Morgan fingerprint density at radius 3 is 2.12 bits per heavy atom. The molecular weight excluding hydrogens is 1790 g/mol. The number of carbonyl (C=O) groups excluding carboxylic acids is 9. The van der Waals surface area contributed by atoms with Crippen molar-refractivity contribution in [3.05, 3.63) is 150 Å². The number of nitrogens with zero attached hydrogens (tertiary/aromatic N) is 5. The Kier molecular flexibility index (Phi) is 31.9. The maximum Gasteiger partial charge on any atom is 0.407 e. The summed E-state index contributed by atoms with van der Waals surface area (Å²) >= 11 is 6.55. The van der Waals surface area contributed by atoms with E-state index >= 15 is 0 Å². The molecular formula is C85H99ClN14O28Y. The second-order valence-electron chi connectivity index (χ2n) is 32.0. The van der Waals surface area contributed by atoms with Crippen molar-refractivity contribution in [2.45, 2.75) is 188 Å². The van der Waals surface area contributed by atoms with E-state index in [-0.39, 0.29) is 112 Å². The SMILES string of the molecule is CC(=O)NC1C(O)CC(OCC2OC(O)C(O)C(O)C2O)(C(=O)O)OC1C(O)C(O)Cn1nnc2c1-c1ccccc1CN(C(=O)CCC(=O)NC(C(=O)NC(CCCNC(N)=O)C(=O)Nc1ccc(COC(=O)NCC(=O)Nc3ccc4[nH]c(C(=O)N5CC(CCl)c6c5cc(OC5OC(CO)C(O)C(O)C5O)c5ccccc65)cc4c3)cc1)C(C)C)c1ccccc1-2.[Y]. The number of halogens is 1. The summed E-state index contributed by atoms with van der Waals surface area (Å²) in [6, 6.07) is 29.8. The molecule has 42 nitrogen and oxygen atoms in total. The molecule has 0 aliphatic carbocycles. The fourth-order valence-corrected chi connectivity index (χ4v) is 16.4. The monoisotopic (exact) mass is 1890 g/mol. The first kappa shape index (κ1) is 97.2. The maximum atomic E-state index is 14.7. The number of para-hydroxylation sites is 1. The number of anilines is 4. The number of hydrogen-bond acceptors (Lipinski definition) is 29. The van der Waals surface area contributed by atoms with Crippen LogP contribution >= 0.6 is 11.6 Å². The van der Waals surface area contributed by atoms with Crippen LogP contribution in [0.4, 0.5) is 32.3 Å². The summed E-state index contributed by atoms with van der Waals surface area (Å²) in [7, 11) is 0. The van der Waals surface area contributed by atoms with E-state index in [4.69, 9.17) is 45.8 Å². The molecule has 129 heavy (non-hydrogen) atoms. The Morgan fingerprint density at radius 2 is 1.42 bits per heavy atom. The van der Waals surface area contributed by atoms with Gasteiger partial charge in [0.05, 0.1) is 55.5 Å². The predicted molar refractivity (Wildman–Crippen MR) is 451 cm³/mol. The number of aliphatic hydroxyl groups excluding tert-OH is 11. The summed E-state index contributed by atoms with van der Waals surface area (Å²) in [4.78, 5) is 141. The second kappa shape index (κ2) is 42.4. The zero-order valence-electron chi connectivity index (χ0n) is 69.7. The van der Waals surface area contributed by atoms with Crippen LogP contribution in [-0.4, -0.2) is 289 Å². The quantitative estimate of drug-likeness (QED) is 0.0188. The molecule has 0 spiro atoms. The Balaban J connectivity index is 0.0000151. The standard InChI is InChI=1S/C85H99ClN14O28.Y/c1-39(2)65(95-61(105)24-25-63(107)98-33-42-11-4-5-12-47(42)68-66(50-15-8-9-17-54(50)98)96-97-100(68)35-57(104)69(108)76-67(90-40(3)102)56(103)30-85(128-76,82(119)120)124-38-60-71(110)72(111)74(113)80(118)125-60)78(116)94-52(16-10-26-88-83(87)121)77(115)92-45-20-18-41(19-21-45)37-123-84(122)89-32-62(106)91-46-22-23-51-43(27-46)28-53(93-51)79(117)99-34-44(31-86)64-49-14-7-6-13-48(49)58(29-55(64)99)126-81-75(114)73(112)70(109)59(36-101)127-81;/h4-9,11-15,17-23,27-29,39,44,52,56-57,59-60,65,67,69-76,80-81,93,101,103-104,108-114,118H,10,16,24-26,30-38H2,1-3H3,(H,89,122)(H,90,102)(H,91,106)(H,92,115)(H,94,116)(H,95,105)(H,119,120)(H3,87,88,121);. The molecule has 6 aromatic carbocycles. The van der Waals surface area contributed by atoms with E-state index in [1.54, 1.807) is 123 Å². The number of benzene rings is 6. The van der Waals surface area contributed by atoms with Crippen LogP contribution in [-0.2, 0) is 110 Å². The molecule has 7 heterocycles. The van der Waals surface area contributed by atoms with E-state index in [0.29, 0.717) is 61.0 Å². The van der Waals surface area contributed by atoms with E-state index in [1.807, 2.05) is 6.07 Å². The first-order valence-corrected chi connectivity index (χ1v) is 41.6. The van der Waals surface area contributed by atoms with Gasteiger partial charge in [0, 0.05) is 129 Å². The maximum absolute atomic E-state index is 14.7. The second-order valence-corrected chi connectivity index (χ2v) is 32.3. The van der Waals surface area contributed by atoms with Crippen molar-refractivity contribution in [3.8, 4) is 28.3 Å². The number of ether oxygens (including phenoxy) is 6. The molecule has 3 saturated heterocycles. The molecule has 5 aliphatic heterocycles. The van der Waals surface area contributed by atoms with Crippen molar-refractivity contribution in [1.82, 2.24) is 46.6 Å². The number of nitrogens with one attached hydrogen (secondary N) is 8. The number of primary amides is 1. The van der Waals surface area contributed by atoms with Crippen LogP contribution in [0.25, 0.3) is 44.2 Å². The minimum absolute atomic E-state index is 0. The number of carbonyl (C=O) groups is 10. The zero-order valence-corrected chi connectivity index (χ0v) is 73.3. The number of alkyl halides is 1. The normalized spacial score (nSPS) is 24.4. The average Bonchev–Trinajstić information content (AvgIpc) is 1.55. The summed E-state index contributed by atoms with van der Waals surface area (Å²) in [6.45, 7) is 1.43. The van der Waals surface area contributed by atoms with Gasteiger partial charge in [-0.25, -0.2) is 19.1 Å². The number of H-pyrrole nitrogens is 1. The fourth-order valence-electron chi connectivity index (χ4n) is 16.1. The van der Waals surface area contributed by atoms with Gasteiger partial charge in [-0.3, -0.25) is 33.6 Å². The summed E-state index contributed by atoms with van der Waals surface area (Å²) in [6.07, 6.45) is -27.9. The van der Waals surface area contributed by atoms with E-state index in [2.05, 4.69) is 52.5 Å². The smallest absolute Gasteiger partial charge is 0.407 e.